The van der Waals surface area contributed by atoms with Crippen LogP contribution in [0.2, 0.25) is 0 Å². The third kappa shape index (κ3) is 4.42. The number of aliphatic imine (C=N–C) groups is 1. The first kappa shape index (κ1) is 19.2. The molecule has 2 fully saturated rings. The molecule has 1 aromatic rings. The number of rotatable bonds is 5. The van der Waals surface area contributed by atoms with Crippen molar-refractivity contribution in [1.82, 2.24) is 5.32 Å². The highest BCUT2D eigenvalue weighted by Crippen LogP contribution is 2.22. The number of anilines is 1. The summed E-state index contributed by atoms with van der Waals surface area (Å²) in [6.07, 6.45) is 3.79. The molecule has 27 heavy (non-hydrogen) atoms. The number of urea groups is 1. The Labute approximate surface area is 159 Å². The Bertz CT molecular complexity index is 751. The van der Waals surface area contributed by atoms with E-state index in [4.69, 9.17) is 0 Å². The molecule has 2 aliphatic heterocycles. The number of nitrogens with zero attached hydrogens (tertiary/aromatic N) is 2. The fraction of sp³-hybridized carbons (Fsp3) is 0.500. The maximum absolute atomic E-state index is 12.9. The molecule has 1 aromatic carbocycles. The fourth-order valence-electron chi connectivity index (χ4n) is 3.66. The molecule has 7 heteroatoms. The summed E-state index contributed by atoms with van der Waals surface area (Å²) in [4.78, 5) is 44.4. The molecule has 0 saturated carbocycles. The summed E-state index contributed by atoms with van der Waals surface area (Å²) >= 11 is 0. The van der Waals surface area contributed by atoms with Crippen molar-refractivity contribution in [1.29, 1.82) is 0 Å². The van der Waals surface area contributed by atoms with Gasteiger partial charge in [0.2, 0.25) is 5.91 Å². The van der Waals surface area contributed by atoms with Gasteiger partial charge in [0.05, 0.1) is 31.9 Å². The van der Waals surface area contributed by atoms with Gasteiger partial charge in [-0.2, -0.15) is 0 Å². The number of carbonyl (C=O) groups excluding carboxylic acids is 3. The van der Waals surface area contributed by atoms with Crippen molar-refractivity contribution in [2.24, 2.45) is 10.9 Å². The highest BCUT2D eigenvalue weighted by atomic mass is 16.2. The Morgan fingerprint density at radius 2 is 1.81 bits per heavy atom. The van der Waals surface area contributed by atoms with E-state index in [1.807, 2.05) is 19.1 Å². The molecule has 144 valence electrons. The zero-order chi connectivity index (χ0) is 19.4. The van der Waals surface area contributed by atoms with Gasteiger partial charge in [-0.3, -0.25) is 19.9 Å². The summed E-state index contributed by atoms with van der Waals surface area (Å²) in [5, 5.41) is 2.28. The molecule has 0 radical (unpaired) electrons. The molecule has 1 atom stereocenters. The SMILES string of the molecule is CC(=NCC[NH+]1CCCCC1)[C@@H]1C(=O)NC(=O)N(c2ccc(C)cc2)C1=O. The van der Waals surface area contributed by atoms with Crippen LogP contribution in [0.25, 0.3) is 0 Å². The second-order valence-electron chi connectivity index (χ2n) is 7.32. The lowest BCUT2D eigenvalue weighted by atomic mass is 9.99. The fourth-order valence-corrected chi connectivity index (χ4v) is 3.66. The van der Waals surface area contributed by atoms with Crippen LogP contribution in [0.5, 0.6) is 0 Å². The van der Waals surface area contributed by atoms with Crippen LogP contribution < -0.4 is 15.1 Å². The summed E-state index contributed by atoms with van der Waals surface area (Å²) in [5.74, 6) is -2.19. The molecule has 0 bridgehead atoms. The van der Waals surface area contributed by atoms with Crippen molar-refractivity contribution >= 4 is 29.2 Å². The molecule has 2 N–H and O–H groups in total. The number of amides is 4. The van der Waals surface area contributed by atoms with Crippen LogP contribution in [0.3, 0.4) is 0 Å². The van der Waals surface area contributed by atoms with Crippen LogP contribution >= 0.6 is 0 Å². The average molecular weight is 371 g/mol. The van der Waals surface area contributed by atoms with Crippen LogP contribution in [0, 0.1) is 12.8 Å². The van der Waals surface area contributed by atoms with Gasteiger partial charge in [-0.15, -0.1) is 0 Å². The van der Waals surface area contributed by atoms with Gasteiger partial charge < -0.3 is 4.90 Å². The molecule has 0 aliphatic carbocycles. The normalized spacial score (nSPS) is 22.1. The van der Waals surface area contributed by atoms with Crippen LogP contribution in [-0.4, -0.2) is 49.7 Å². The van der Waals surface area contributed by atoms with Crippen molar-refractivity contribution in [3.63, 3.8) is 0 Å². The number of piperidine rings is 1. The van der Waals surface area contributed by atoms with Gasteiger partial charge in [0.15, 0.2) is 5.92 Å². The molecule has 3 rings (SSSR count). The average Bonchev–Trinajstić information content (AvgIpc) is 2.64. The lowest BCUT2D eigenvalue weighted by Gasteiger charge is -2.30. The van der Waals surface area contributed by atoms with Crippen LogP contribution in [-0.2, 0) is 9.59 Å². The quantitative estimate of drug-likeness (QED) is 0.591. The van der Waals surface area contributed by atoms with Gasteiger partial charge in [-0.25, -0.2) is 9.69 Å². The summed E-state index contributed by atoms with van der Waals surface area (Å²) in [6, 6.07) is 6.33. The zero-order valence-corrected chi connectivity index (χ0v) is 16.0. The summed E-state index contributed by atoms with van der Waals surface area (Å²) in [5.41, 5.74) is 1.93. The van der Waals surface area contributed by atoms with Gasteiger partial charge in [-0.05, 0) is 45.2 Å². The van der Waals surface area contributed by atoms with Gasteiger partial charge in [-0.1, -0.05) is 17.7 Å². The van der Waals surface area contributed by atoms with Crippen LogP contribution in [0.4, 0.5) is 10.5 Å². The molecule has 2 aliphatic rings. The lowest BCUT2D eigenvalue weighted by Crippen LogP contribution is -3.13. The second kappa shape index (κ2) is 8.43. The van der Waals surface area contributed by atoms with Gasteiger partial charge in [0, 0.05) is 5.71 Å². The first-order chi connectivity index (χ1) is 13.0. The van der Waals surface area contributed by atoms with Crippen LogP contribution in [0.1, 0.15) is 31.7 Å². The molecule has 2 saturated heterocycles. The Balaban J connectivity index is 1.71. The highest BCUT2D eigenvalue weighted by Gasteiger charge is 2.42. The first-order valence-electron chi connectivity index (χ1n) is 9.57. The number of hydrogen-bond acceptors (Lipinski definition) is 4. The van der Waals surface area contributed by atoms with Crippen molar-refractivity contribution in [3.8, 4) is 0 Å². The Morgan fingerprint density at radius 1 is 1.15 bits per heavy atom. The van der Waals surface area contributed by atoms with E-state index in [0.717, 1.165) is 30.1 Å². The molecule has 0 aromatic heterocycles. The van der Waals surface area contributed by atoms with Crippen molar-refractivity contribution in [2.75, 3.05) is 31.1 Å². The summed E-state index contributed by atoms with van der Waals surface area (Å²) < 4.78 is 0. The van der Waals surface area contributed by atoms with E-state index in [9.17, 15) is 14.4 Å². The Morgan fingerprint density at radius 3 is 2.48 bits per heavy atom. The third-order valence-corrected chi connectivity index (χ3v) is 5.26. The minimum Gasteiger partial charge on any atom is -0.333 e. The monoisotopic (exact) mass is 371 g/mol. The molecule has 0 spiro atoms. The van der Waals surface area contributed by atoms with Crippen molar-refractivity contribution in [2.45, 2.75) is 33.1 Å². The predicted octanol–water partition coefficient (Wildman–Crippen LogP) is 0.724. The number of barbiturate groups is 1. The van der Waals surface area contributed by atoms with E-state index < -0.39 is 23.8 Å². The topological polar surface area (TPSA) is 83.3 Å². The summed E-state index contributed by atoms with van der Waals surface area (Å²) in [6.45, 7) is 7.42. The van der Waals surface area contributed by atoms with E-state index in [1.54, 1.807) is 19.1 Å². The predicted molar refractivity (Wildman–Crippen MR) is 103 cm³/mol. The maximum Gasteiger partial charge on any atom is 0.335 e. The van der Waals surface area contributed by atoms with E-state index in [1.165, 1.54) is 24.2 Å². The third-order valence-electron chi connectivity index (χ3n) is 5.26. The lowest BCUT2D eigenvalue weighted by molar-refractivity contribution is -0.903. The number of benzene rings is 1. The van der Waals surface area contributed by atoms with Crippen molar-refractivity contribution < 1.29 is 19.3 Å². The van der Waals surface area contributed by atoms with Crippen molar-refractivity contribution in [3.05, 3.63) is 29.8 Å². The number of nitrogens with one attached hydrogen (secondary N) is 2. The Kier molecular flexibility index (Phi) is 6.01. The largest absolute Gasteiger partial charge is 0.335 e. The second-order valence-corrected chi connectivity index (χ2v) is 7.32. The minimum absolute atomic E-state index is 0.450. The smallest absolute Gasteiger partial charge is 0.333 e. The molecule has 7 nitrogen and oxygen atoms in total. The number of quaternary nitrogens is 1. The molecular formula is C20H27N4O3+. The molecule has 4 amide bonds. The number of likely N-dealkylation sites (tertiary alicyclic amines) is 1. The molecular weight excluding hydrogens is 344 g/mol. The first-order valence-corrected chi connectivity index (χ1v) is 9.57. The highest BCUT2D eigenvalue weighted by molar-refractivity contribution is 6.35. The summed E-state index contributed by atoms with van der Waals surface area (Å²) in [7, 11) is 0. The van der Waals surface area contributed by atoms with E-state index in [-0.39, 0.29) is 0 Å². The zero-order valence-electron chi connectivity index (χ0n) is 16.0. The standard InChI is InChI=1S/C20H26N4O3/c1-14-6-8-16(9-7-14)24-19(26)17(18(25)22-20(24)27)15(2)21-10-13-23-11-4-3-5-12-23/h6-9,17H,3-5,10-13H2,1-2H3,(H,22,25,27)/p+1/t17-/m1/s1. The number of carbonyl (C=O) groups is 3. The molecule has 2 heterocycles. The van der Waals surface area contributed by atoms with E-state index >= 15 is 0 Å². The van der Waals surface area contributed by atoms with Gasteiger partial charge in [0.25, 0.3) is 5.91 Å². The van der Waals surface area contributed by atoms with E-state index in [0.29, 0.717) is 17.9 Å². The Hall–Kier alpha value is -2.54. The number of hydrogen-bond donors (Lipinski definition) is 2. The molecule has 0 unspecified atom stereocenters. The van der Waals surface area contributed by atoms with E-state index in [2.05, 4.69) is 10.3 Å². The maximum atomic E-state index is 12.9. The van der Waals surface area contributed by atoms with Gasteiger partial charge in [0.1, 0.15) is 0 Å². The minimum atomic E-state index is -1.06. The number of aryl methyl sites for hydroxylation is 1. The van der Waals surface area contributed by atoms with Crippen LogP contribution in [0.15, 0.2) is 29.3 Å². The number of imide groups is 2. The van der Waals surface area contributed by atoms with Gasteiger partial charge >= 0.3 is 6.03 Å².